The van der Waals surface area contributed by atoms with E-state index in [0.717, 1.165) is 6.07 Å². The van der Waals surface area contributed by atoms with E-state index in [1.165, 1.54) is 41.5 Å². The van der Waals surface area contributed by atoms with E-state index < -0.39 is 17.2 Å². The Morgan fingerprint density at radius 1 is 1.17 bits per heavy atom. The molecule has 0 saturated carbocycles. The van der Waals surface area contributed by atoms with Crippen LogP contribution in [0.25, 0.3) is 16.6 Å². The van der Waals surface area contributed by atoms with Crippen LogP contribution in [0.3, 0.4) is 0 Å². The summed E-state index contributed by atoms with van der Waals surface area (Å²) >= 11 is 0. The number of imidazole rings is 1. The maximum atomic E-state index is 14.6. The van der Waals surface area contributed by atoms with Gasteiger partial charge in [-0.25, -0.2) is 13.8 Å². The molecular weight excluding hydrogens is 378 g/mol. The van der Waals surface area contributed by atoms with Crippen LogP contribution >= 0.6 is 0 Å². The number of nitrogens with zero attached hydrogens (tertiary/aromatic N) is 3. The zero-order valence-electron chi connectivity index (χ0n) is 15.4. The third-order valence-corrected chi connectivity index (χ3v) is 4.65. The number of aromatic nitrogens is 3. The second kappa shape index (κ2) is 7.31. The van der Waals surface area contributed by atoms with E-state index in [9.17, 15) is 18.4 Å². The molecule has 8 heteroatoms. The Morgan fingerprint density at radius 3 is 2.62 bits per heavy atom. The lowest BCUT2D eigenvalue weighted by Gasteiger charge is -2.12. The van der Waals surface area contributed by atoms with E-state index in [2.05, 4.69) is 10.3 Å². The molecule has 0 bridgehead atoms. The monoisotopic (exact) mass is 394 g/mol. The van der Waals surface area contributed by atoms with Crippen LogP contribution < -0.4 is 10.7 Å². The Kier molecular flexibility index (Phi) is 4.67. The molecule has 0 aliphatic heterocycles. The van der Waals surface area contributed by atoms with E-state index >= 15 is 0 Å². The van der Waals surface area contributed by atoms with E-state index in [1.54, 1.807) is 29.9 Å². The molecule has 1 amide bonds. The van der Waals surface area contributed by atoms with Gasteiger partial charge in [-0.2, -0.15) is 0 Å². The first-order valence-corrected chi connectivity index (χ1v) is 8.78. The smallest absolute Gasteiger partial charge is 0.257 e. The maximum Gasteiger partial charge on any atom is 0.257 e. The number of amides is 1. The number of pyridine rings is 1. The van der Waals surface area contributed by atoms with Crippen molar-refractivity contribution < 1.29 is 13.6 Å². The predicted octanol–water partition coefficient (Wildman–Crippen LogP) is 2.93. The van der Waals surface area contributed by atoms with Crippen LogP contribution in [0.4, 0.5) is 8.78 Å². The van der Waals surface area contributed by atoms with Gasteiger partial charge in [0.05, 0.1) is 17.5 Å². The van der Waals surface area contributed by atoms with Crippen LogP contribution in [0.15, 0.2) is 66.1 Å². The molecule has 0 saturated heterocycles. The van der Waals surface area contributed by atoms with E-state index in [4.69, 9.17) is 0 Å². The molecule has 4 aromatic rings. The average molecular weight is 394 g/mol. The van der Waals surface area contributed by atoms with Crippen molar-refractivity contribution in [2.24, 2.45) is 7.05 Å². The van der Waals surface area contributed by atoms with Gasteiger partial charge in [-0.15, -0.1) is 0 Å². The van der Waals surface area contributed by atoms with E-state index in [-0.39, 0.29) is 29.0 Å². The van der Waals surface area contributed by atoms with Crippen LogP contribution in [-0.2, 0) is 13.6 Å². The van der Waals surface area contributed by atoms with Gasteiger partial charge in [0, 0.05) is 37.6 Å². The number of halogens is 2. The number of carbonyl (C=O) groups is 1. The molecule has 0 fully saturated rings. The van der Waals surface area contributed by atoms with Gasteiger partial charge in [-0.1, -0.05) is 12.1 Å². The van der Waals surface area contributed by atoms with Crippen molar-refractivity contribution in [3.05, 3.63) is 94.3 Å². The fraction of sp³-hybridized carbons (Fsp3) is 0.0952. The largest absolute Gasteiger partial charge is 0.349 e. The lowest BCUT2D eigenvalue weighted by Crippen LogP contribution is -2.29. The average Bonchev–Trinajstić information content (AvgIpc) is 3.24. The Morgan fingerprint density at radius 2 is 1.93 bits per heavy atom. The van der Waals surface area contributed by atoms with E-state index in [0.29, 0.717) is 11.1 Å². The summed E-state index contributed by atoms with van der Waals surface area (Å²) in [4.78, 5) is 29.3. The molecule has 0 aliphatic carbocycles. The number of rotatable bonds is 4. The van der Waals surface area contributed by atoms with Crippen LogP contribution in [0.2, 0.25) is 0 Å². The van der Waals surface area contributed by atoms with Crippen molar-refractivity contribution in [3.8, 4) is 5.69 Å². The fourth-order valence-corrected chi connectivity index (χ4v) is 3.13. The molecule has 4 rings (SSSR count). The molecule has 6 nitrogen and oxygen atoms in total. The number of aryl methyl sites for hydroxylation is 1. The molecule has 2 heterocycles. The Hall–Kier alpha value is -3.81. The molecule has 2 aromatic heterocycles. The summed E-state index contributed by atoms with van der Waals surface area (Å²) in [6.45, 7) is 0.133. The number of hydrogen-bond acceptors (Lipinski definition) is 3. The van der Waals surface area contributed by atoms with Gasteiger partial charge in [0.1, 0.15) is 17.2 Å². The number of fused-ring (bicyclic) bond motifs is 1. The Bertz CT molecular complexity index is 1260. The van der Waals surface area contributed by atoms with Gasteiger partial charge < -0.3 is 14.5 Å². The third kappa shape index (κ3) is 3.52. The van der Waals surface area contributed by atoms with Gasteiger partial charge in [-0.3, -0.25) is 9.59 Å². The quantitative estimate of drug-likeness (QED) is 0.579. The third-order valence-electron chi connectivity index (χ3n) is 4.65. The van der Waals surface area contributed by atoms with Crippen LogP contribution in [0.1, 0.15) is 15.9 Å². The summed E-state index contributed by atoms with van der Waals surface area (Å²) in [6.07, 6.45) is 6.00. The topological polar surface area (TPSA) is 68.9 Å². The predicted molar refractivity (Wildman–Crippen MR) is 104 cm³/mol. The van der Waals surface area contributed by atoms with Gasteiger partial charge in [-0.05, 0) is 29.8 Å². The van der Waals surface area contributed by atoms with Crippen molar-refractivity contribution >= 4 is 16.8 Å². The Labute approximate surface area is 164 Å². The number of carbonyl (C=O) groups excluding carboxylic acids is 1. The highest BCUT2D eigenvalue weighted by Crippen LogP contribution is 2.20. The van der Waals surface area contributed by atoms with Gasteiger partial charge in [0.25, 0.3) is 5.91 Å². The summed E-state index contributed by atoms with van der Waals surface area (Å²) in [5, 5.41) is 2.74. The van der Waals surface area contributed by atoms with Crippen molar-refractivity contribution in [3.63, 3.8) is 0 Å². The summed E-state index contributed by atoms with van der Waals surface area (Å²) in [6, 6.07) is 8.33. The van der Waals surface area contributed by atoms with Crippen LogP contribution in [0.5, 0.6) is 0 Å². The molecule has 0 atom stereocenters. The molecule has 0 spiro atoms. The first kappa shape index (κ1) is 18.5. The standard InChI is InChI=1S/C21H16F2N4O2/c1-26-11-16(21(29)25-10-13-2-4-14(22)5-3-13)20(28)15-8-17(23)19(9-18(15)26)27-7-6-24-12-27/h2-9,11-12H,10H2,1H3,(H,25,29). The lowest BCUT2D eigenvalue weighted by atomic mass is 10.1. The summed E-state index contributed by atoms with van der Waals surface area (Å²) in [7, 11) is 1.67. The highest BCUT2D eigenvalue weighted by atomic mass is 19.1. The fourth-order valence-electron chi connectivity index (χ4n) is 3.13. The van der Waals surface area contributed by atoms with Crippen molar-refractivity contribution in [2.45, 2.75) is 6.54 Å². The van der Waals surface area contributed by atoms with Crippen molar-refractivity contribution in [1.82, 2.24) is 19.4 Å². The summed E-state index contributed by atoms with van der Waals surface area (Å²) in [5.74, 6) is -1.56. The van der Waals surface area contributed by atoms with Crippen molar-refractivity contribution in [1.29, 1.82) is 0 Å². The minimum absolute atomic E-state index is 0.100. The second-order valence-electron chi connectivity index (χ2n) is 6.58. The zero-order valence-corrected chi connectivity index (χ0v) is 15.4. The summed E-state index contributed by atoms with van der Waals surface area (Å²) in [5.41, 5.74) is 0.754. The molecule has 29 heavy (non-hydrogen) atoms. The maximum absolute atomic E-state index is 14.6. The molecule has 0 unspecified atom stereocenters. The first-order chi connectivity index (χ1) is 13.9. The molecule has 0 radical (unpaired) electrons. The van der Waals surface area contributed by atoms with E-state index in [1.807, 2.05) is 0 Å². The van der Waals surface area contributed by atoms with Gasteiger partial charge in [0.2, 0.25) is 5.43 Å². The van der Waals surface area contributed by atoms with Crippen LogP contribution in [0, 0.1) is 11.6 Å². The molecule has 1 N–H and O–H groups in total. The first-order valence-electron chi connectivity index (χ1n) is 8.78. The number of benzene rings is 2. The summed E-state index contributed by atoms with van der Waals surface area (Å²) < 4.78 is 30.7. The minimum atomic E-state index is -0.600. The number of nitrogens with one attached hydrogen (secondary N) is 1. The SMILES string of the molecule is Cn1cc(C(=O)NCc2ccc(F)cc2)c(=O)c2cc(F)c(-n3ccnc3)cc21. The Balaban J connectivity index is 1.69. The van der Waals surface area contributed by atoms with Crippen molar-refractivity contribution in [2.75, 3.05) is 0 Å². The zero-order chi connectivity index (χ0) is 20.5. The molecule has 0 aliphatic rings. The highest BCUT2D eigenvalue weighted by molar-refractivity contribution is 5.97. The highest BCUT2D eigenvalue weighted by Gasteiger charge is 2.17. The number of hydrogen-bond donors (Lipinski definition) is 1. The van der Waals surface area contributed by atoms with Crippen LogP contribution in [-0.4, -0.2) is 20.0 Å². The molecule has 2 aromatic carbocycles. The molecular formula is C21H16F2N4O2. The second-order valence-corrected chi connectivity index (χ2v) is 6.58. The van der Waals surface area contributed by atoms with Gasteiger partial charge in [0.15, 0.2) is 0 Å². The lowest BCUT2D eigenvalue weighted by molar-refractivity contribution is 0.0949. The minimum Gasteiger partial charge on any atom is -0.349 e. The van der Waals surface area contributed by atoms with Gasteiger partial charge >= 0.3 is 0 Å². The normalized spacial score (nSPS) is 11.0. The molecule has 146 valence electrons.